The summed E-state index contributed by atoms with van der Waals surface area (Å²) in [6.45, 7) is 13.1. The second kappa shape index (κ2) is 11.3. The van der Waals surface area contributed by atoms with E-state index in [-0.39, 0.29) is 17.4 Å². The van der Waals surface area contributed by atoms with E-state index in [0.717, 1.165) is 36.4 Å². The largest absolute Gasteiger partial charge is 0.477 e. The highest BCUT2D eigenvalue weighted by Crippen LogP contribution is 2.37. The number of nitrogens with zero attached hydrogens (tertiary/aromatic N) is 5. The number of anilines is 1. The lowest BCUT2D eigenvalue weighted by atomic mass is 10.2. The van der Waals surface area contributed by atoms with Crippen molar-refractivity contribution in [2.75, 3.05) is 43.7 Å². The van der Waals surface area contributed by atoms with Gasteiger partial charge in [0.15, 0.2) is 19.7 Å². The summed E-state index contributed by atoms with van der Waals surface area (Å²) in [5, 5.41) is 5.64. The molecule has 0 saturated heterocycles. The van der Waals surface area contributed by atoms with Crippen LogP contribution in [0, 0.1) is 0 Å². The molecule has 4 aromatic heterocycles. The lowest BCUT2D eigenvalue weighted by Gasteiger charge is -2.36. The van der Waals surface area contributed by atoms with Gasteiger partial charge in [-0.05, 0) is 49.2 Å². The van der Waals surface area contributed by atoms with Crippen LogP contribution in [0.2, 0.25) is 18.1 Å². The molecular weight excluding hydrogens is 534 g/mol. The Morgan fingerprint density at radius 3 is 2.59 bits per heavy atom. The molecule has 0 bridgehead atoms. The quantitative estimate of drug-likeness (QED) is 0.167. The van der Waals surface area contributed by atoms with Crippen molar-refractivity contribution in [2.45, 2.75) is 51.7 Å². The van der Waals surface area contributed by atoms with Gasteiger partial charge in [-0.15, -0.1) is 5.10 Å². The van der Waals surface area contributed by atoms with E-state index in [1.807, 2.05) is 19.2 Å². The van der Waals surface area contributed by atoms with Gasteiger partial charge in [0.05, 0.1) is 23.9 Å². The Labute approximate surface area is 231 Å². The molecule has 10 nitrogen and oxygen atoms in total. The Bertz CT molecular complexity index is 1540. The molecule has 0 amide bonds. The standard InChI is InChI=1S/C27H39N5O5SSi/c1-27(2,3)39(6,7)36-16-8-14-31(4)26-20-18-23(37-22(20)12-13-28-26)21-19-29-24-10-11-25(30-32(21)24)35-15-9-17-38(5,33)34/h10-13,18-19H,8-9,14-17H2,1-7H3. The van der Waals surface area contributed by atoms with Crippen molar-refractivity contribution in [1.29, 1.82) is 0 Å². The second-order valence-corrected chi connectivity index (χ2v) is 18.5. The van der Waals surface area contributed by atoms with Gasteiger partial charge in [-0.25, -0.2) is 22.9 Å². The highest BCUT2D eigenvalue weighted by molar-refractivity contribution is 7.90. The van der Waals surface area contributed by atoms with E-state index in [9.17, 15) is 8.42 Å². The van der Waals surface area contributed by atoms with E-state index in [1.54, 1.807) is 29.0 Å². The third-order valence-corrected chi connectivity index (χ3v) is 12.8. The number of hydrogen-bond donors (Lipinski definition) is 0. The molecule has 0 aliphatic heterocycles. The van der Waals surface area contributed by atoms with Gasteiger partial charge in [0, 0.05) is 38.7 Å². The summed E-state index contributed by atoms with van der Waals surface area (Å²) in [5.74, 6) is 1.90. The first kappa shape index (κ1) is 29.0. The topological polar surface area (TPSA) is 112 Å². The molecule has 4 heterocycles. The van der Waals surface area contributed by atoms with Crippen LogP contribution in [0.25, 0.3) is 28.1 Å². The predicted molar refractivity (Wildman–Crippen MR) is 157 cm³/mol. The first-order valence-electron chi connectivity index (χ1n) is 13.1. The molecule has 0 unspecified atom stereocenters. The van der Waals surface area contributed by atoms with Gasteiger partial charge in [0.1, 0.15) is 26.9 Å². The number of fused-ring (bicyclic) bond motifs is 2. The Hall–Kier alpha value is -2.96. The van der Waals surface area contributed by atoms with Gasteiger partial charge in [0.25, 0.3) is 0 Å². The van der Waals surface area contributed by atoms with Gasteiger partial charge in [-0.1, -0.05) is 20.8 Å². The maximum absolute atomic E-state index is 11.4. The van der Waals surface area contributed by atoms with Crippen LogP contribution < -0.4 is 9.64 Å². The van der Waals surface area contributed by atoms with Crippen molar-refractivity contribution >= 4 is 40.6 Å². The monoisotopic (exact) mass is 573 g/mol. The first-order chi connectivity index (χ1) is 18.2. The minimum Gasteiger partial charge on any atom is -0.477 e. The third-order valence-electron chi connectivity index (χ3n) is 7.19. The van der Waals surface area contributed by atoms with E-state index in [0.29, 0.717) is 29.4 Å². The smallest absolute Gasteiger partial charge is 0.231 e. The summed E-state index contributed by atoms with van der Waals surface area (Å²) in [5.41, 5.74) is 2.05. The molecule has 4 aromatic rings. The maximum atomic E-state index is 11.4. The highest BCUT2D eigenvalue weighted by atomic mass is 32.2. The molecule has 0 N–H and O–H groups in total. The zero-order valence-electron chi connectivity index (χ0n) is 23.9. The minimum atomic E-state index is -3.03. The number of sulfone groups is 1. The van der Waals surface area contributed by atoms with Gasteiger partial charge in [-0.2, -0.15) is 0 Å². The van der Waals surface area contributed by atoms with Crippen LogP contribution in [0.15, 0.2) is 41.1 Å². The number of imidazole rings is 1. The van der Waals surface area contributed by atoms with Crippen LogP contribution in [0.3, 0.4) is 0 Å². The Kier molecular flexibility index (Phi) is 8.38. The maximum Gasteiger partial charge on any atom is 0.231 e. The van der Waals surface area contributed by atoms with Crippen LogP contribution in [0.4, 0.5) is 5.82 Å². The molecule has 212 valence electrons. The number of aromatic nitrogens is 4. The number of ether oxygens (including phenoxy) is 1. The van der Waals surface area contributed by atoms with Crippen molar-refractivity contribution in [2.24, 2.45) is 0 Å². The predicted octanol–water partition coefficient (Wildman–Crippen LogP) is 5.20. The van der Waals surface area contributed by atoms with Gasteiger partial charge < -0.3 is 18.5 Å². The number of pyridine rings is 1. The van der Waals surface area contributed by atoms with Gasteiger partial charge in [0.2, 0.25) is 5.88 Å². The van der Waals surface area contributed by atoms with Crippen molar-refractivity contribution in [3.8, 4) is 17.3 Å². The molecule has 4 rings (SSSR count). The number of rotatable bonds is 12. The fourth-order valence-corrected chi connectivity index (χ4v) is 5.66. The van der Waals surface area contributed by atoms with Crippen molar-refractivity contribution in [3.63, 3.8) is 0 Å². The molecule has 0 radical (unpaired) electrons. The fourth-order valence-electron chi connectivity index (χ4n) is 3.93. The van der Waals surface area contributed by atoms with Crippen LogP contribution in [0.1, 0.15) is 33.6 Å². The van der Waals surface area contributed by atoms with Gasteiger partial charge >= 0.3 is 0 Å². The van der Waals surface area contributed by atoms with Crippen LogP contribution >= 0.6 is 0 Å². The van der Waals surface area contributed by atoms with Crippen LogP contribution in [-0.4, -0.2) is 75.1 Å². The molecule has 12 heteroatoms. The van der Waals surface area contributed by atoms with Gasteiger partial charge in [-0.3, -0.25) is 0 Å². The fraction of sp³-hybridized carbons (Fsp3) is 0.519. The molecule has 0 fully saturated rings. The number of hydrogen-bond acceptors (Lipinski definition) is 9. The molecule has 0 aliphatic rings. The van der Waals surface area contributed by atoms with E-state index in [1.165, 1.54) is 6.26 Å². The molecular formula is C27H39N5O5SSi. The molecule has 39 heavy (non-hydrogen) atoms. The van der Waals surface area contributed by atoms with E-state index >= 15 is 0 Å². The van der Waals surface area contributed by atoms with Crippen molar-refractivity contribution < 1.29 is 22.0 Å². The lowest BCUT2D eigenvalue weighted by molar-refractivity contribution is 0.284. The minimum absolute atomic E-state index is 0.0685. The summed E-state index contributed by atoms with van der Waals surface area (Å²) in [6.07, 6.45) is 5.97. The molecule has 0 aliphatic carbocycles. The zero-order chi connectivity index (χ0) is 28.4. The SMILES string of the molecule is CN(CCCO[Si](C)(C)C(C)(C)C)c1nccc2oc(-c3cnc4ccc(OCCCS(C)(=O)=O)nn34)cc12. The lowest BCUT2D eigenvalue weighted by Crippen LogP contribution is -2.41. The second-order valence-electron chi connectivity index (χ2n) is 11.5. The normalized spacial score (nSPS) is 12.9. The molecule has 0 saturated carbocycles. The first-order valence-corrected chi connectivity index (χ1v) is 18.1. The van der Waals surface area contributed by atoms with E-state index < -0.39 is 18.2 Å². The molecule has 0 spiro atoms. The summed E-state index contributed by atoms with van der Waals surface area (Å²) < 4.78 is 42.6. The summed E-state index contributed by atoms with van der Waals surface area (Å²) in [7, 11) is -2.77. The van der Waals surface area contributed by atoms with Crippen molar-refractivity contribution in [3.05, 3.63) is 36.7 Å². The average molecular weight is 574 g/mol. The third kappa shape index (κ3) is 6.98. The summed E-state index contributed by atoms with van der Waals surface area (Å²) in [4.78, 5) is 11.2. The number of furan rings is 1. The summed E-state index contributed by atoms with van der Waals surface area (Å²) >= 11 is 0. The zero-order valence-corrected chi connectivity index (χ0v) is 25.7. The molecule has 0 atom stereocenters. The Morgan fingerprint density at radius 2 is 1.87 bits per heavy atom. The van der Waals surface area contributed by atoms with E-state index in [4.69, 9.17) is 13.6 Å². The molecule has 0 aromatic carbocycles. The summed E-state index contributed by atoms with van der Waals surface area (Å²) in [6, 6.07) is 7.34. The average Bonchev–Trinajstić information content (AvgIpc) is 3.46. The van der Waals surface area contributed by atoms with Crippen LogP contribution in [-0.2, 0) is 14.3 Å². The van der Waals surface area contributed by atoms with E-state index in [2.05, 4.69) is 53.8 Å². The van der Waals surface area contributed by atoms with Crippen LogP contribution in [0.5, 0.6) is 5.88 Å². The highest BCUT2D eigenvalue weighted by Gasteiger charge is 2.36. The Balaban J connectivity index is 1.49. The van der Waals surface area contributed by atoms with Crippen molar-refractivity contribution in [1.82, 2.24) is 19.6 Å². The Morgan fingerprint density at radius 1 is 1.10 bits per heavy atom.